The smallest absolute Gasteiger partial charge is 0.214 e. The van der Waals surface area contributed by atoms with Crippen molar-refractivity contribution < 1.29 is 12.9 Å². The predicted octanol–water partition coefficient (Wildman–Crippen LogP) is 1.94. The van der Waals surface area contributed by atoms with Gasteiger partial charge in [-0.15, -0.1) is 11.3 Å². The van der Waals surface area contributed by atoms with Gasteiger partial charge in [-0.05, 0) is 17.9 Å². The molecule has 96 valence electrons. The molecule has 0 saturated carbocycles. The van der Waals surface area contributed by atoms with Gasteiger partial charge in [0.15, 0.2) is 5.76 Å². The van der Waals surface area contributed by atoms with E-state index in [1.807, 2.05) is 17.5 Å². The lowest BCUT2D eigenvalue weighted by molar-refractivity contribution is 0.392. The Kier molecular flexibility index (Phi) is 2.96. The number of hydrogen-bond donors (Lipinski definition) is 0. The van der Waals surface area contributed by atoms with E-state index in [0.29, 0.717) is 31.0 Å². The Labute approximate surface area is 109 Å². The Balaban J connectivity index is 1.79. The molecule has 0 spiro atoms. The van der Waals surface area contributed by atoms with Gasteiger partial charge in [0.1, 0.15) is 0 Å². The summed E-state index contributed by atoms with van der Waals surface area (Å²) in [6.07, 6.45) is 0.692. The van der Waals surface area contributed by atoms with Gasteiger partial charge in [-0.25, -0.2) is 8.42 Å². The van der Waals surface area contributed by atoms with Gasteiger partial charge in [0.25, 0.3) is 0 Å². The van der Waals surface area contributed by atoms with Gasteiger partial charge in [-0.3, -0.25) is 0 Å². The minimum absolute atomic E-state index is 0.239. The largest absolute Gasteiger partial charge is 0.355 e. The van der Waals surface area contributed by atoms with Crippen LogP contribution in [0.15, 0.2) is 28.1 Å². The number of rotatable bonds is 3. The second-order valence-corrected chi connectivity index (χ2v) is 7.20. The molecule has 0 aromatic carbocycles. The lowest BCUT2D eigenvalue weighted by Gasteiger charge is -2.11. The van der Waals surface area contributed by atoms with Gasteiger partial charge in [0.05, 0.1) is 22.9 Å². The van der Waals surface area contributed by atoms with Crippen LogP contribution in [-0.2, 0) is 16.6 Å². The summed E-state index contributed by atoms with van der Waals surface area (Å²) in [7, 11) is -3.08. The maximum atomic E-state index is 11.7. The van der Waals surface area contributed by atoms with E-state index in [1.165, 1.54) is 4.31 Å². The van der Waals surface area contributed by atoms with Crippen molar-refractivity contribution in [3.05, 3.63) is 29.3 Å². The van der Waals surface area contributed by atoms with E-state index in [2.05, 4.69) is 5.16 Å². The normalized spacial score (nSPS) is 19.3. The second-order valence-electron chi connectivity index (χ2n) is 4.16. The lowest BCUT2D eigenvalue weighted by Crippen LogP contribution is -2.25. The quantitative estimate of drug-likeness (QED) is 0.864. The number of thiophene rings is 1. The average Bonchev–Trinajstić information content (AvgIpc) is 3.02. The summed E-state index contributed by atoms with van der Waals surface area (Å²) in [6, 6.07) is 5.69. The molecule has 5 nitrogen and oxygen atoms in total. The van der Waals surface area contributed by atoms with Gasteiger partial charge < -0.3 is 4.52 Å². The Bertz CT molecular complexity index is 631. The van der Waals surface area contributed by atoms with Gasteiger partial charge >= 0.3 is 0 Å². The molecule has 3 rings (SSSR count). The van der Waals surface area contributed by atoms with Crippen LogP contribution in [0.5, 0.6) is 0 Å². The zero-order valence-corrected chi connectivity index (χ0v) is 11.2. The topological polar surface area (TPSA) is 63.4 Å². The van der Waals surface area contributed by atoms with Crippen LogP contribution in [0.2, 0.25) is 0 Å². The molecule has 1 aliphatic heterocycles. The molecular weight excluding hydrogens is 272 g/mol. The molecule has 1 fully saturated rings. The van der Waals surface area contributed by atoms with E-state index >= 15 is 0 Å². The Morgan fingerprint density at radius 2 is 2.39 bits per heavy atom. The summed E-state index contributed by atoms with van der Waals surface area (Å²) in [6.45, 7) is 0.876. The highest BCUT2D eigenvalue weighted by atomic mass is 32.2. The molecule has 18 heavy (non-hydrogen) atoms. The SMILES string of the molecule is O=S1(=O)CCCN1Cc1cc(-c2cccs2)on1. The monoisotopic (exact) mass is 284 g/mol. The molecule has 0 aliphatic carbocycles. The third kappa shape index (κ3) is 2.21. The molecule has 0 N–H and O–H groups in total. The average molecular weight is 284 g/mol. The molecule has 0 unspecified atom stereocenters. The molecule has 7 heteroatoms. The molecule has 0 radical (unpaired) electrons. The van der Waals surface area contributed by atoms with Crippen molar-refractivity contribution in [2.75, 3.05) is 12.3 Å². The highest BCUT2D eigenvalue weighted by Gasteiger charge is 2.29. The highest BCUT2D eigenvalue weighted by Crippen LogP contribution is 2.26. The molecule has 2 aromatic heterocycles. The van der Waals surface area contributed by atoms with Crippen LogP contribution in [0.1, 0.15) is 12.1 Å². The van der Waals surface area contributed by atoms with Crippen LogP contribution in [0.4, 0.5) is 0 Å². The van der Waals surface area contributed by atoms with E-state index in [4.69, 9.17) is 4.52 Å². The summed E-state index contributed by atoms with van der Waals surface area (Å²) < 4.78 is 30.0. The maximum Gasteiger partial charge on any atom is 0.214 e. The van der Waals surface area contributed by atoms with Crippen molar-refractivity contribution in [3.63, 3.8) is 0 Å². The molecule has 0 bridgehead atoms. The fourth-order valence-electron chi connectivity index (χ4n) is 1.97. The fraction of sp³-hybridized carbons (Fsp3) is 0.364. The third-order valence-corrected chi connectivity index (χ3v) is 5.65. The zero-order chi connectivity index (χ0) is 12.6. The molecule has 1 saturated heterocycles. The van der Waals surface area contributed by atoms with Crippen LogP contribution < -0.4 is 0 Å². The van der Waals surface area contributed by atoms with E-state index in [0.717, 1.165) is 4.88 Å². The first kappa shape index (κ1) is 11.9. The minimum atomic E-state index is -3.08. The Morgan fingerprint density at radius 3 is 3.06 bits per heavy atom. The van der Waals surface area contributed by atoms with E-state index < -0.39 is 10.0 Å². The molecule has 2 aromatic rings. The number of hydrogen-bond acceptors (Lipinski definition) is 5. The van der Waals surface area contributed by atoms with Crippen molar-refractivity contribution in [3.8, 4) is 10.6 Å². The first-order chi connectivity index (χ1) is 8.65. The Hall–Kier alpha value is -1.18. The summed E-state index contributed by atoms with van der Waals surface area (Å²) in [5.74, 6) is 0.930. The van der Waals surface area contributed by atoms with Gasteiger partial charge in [-0.2, -0.15) is 4.31 Å². The highest BCUT2D eigenvalue weighted by molar-refractivity contribution is 7.89. The van der Waals surface area contributed by atoms with Crippen LogP contribution in [0, 0.1) is 0 Å². The summed E-state index contributed by atoms with van der Waals surface area (Å²) in [5, 5.41) is 5.89. The standard InChI is InChI=1S/C11H12N2O3S2/c14-18(15)6-2-4-13(18)8-9-7-10(16-12-9)11-3-1-5-17-11/h1,3,5,7H,2,4,6,8H2. The molecule has 1 aliphatic rings. The summed E-state index contributed by atoms with van der Waals surface area (Å²) in [5.41, 5.74) is 0.656. The van der Waals surface area contributed by atoms with Gasteiger partial charge in [0, 0.05) is 12.6 Å². The first-order valence-corrected chi connectivity index (χ1v) is 8.11. The van der Waals surface area contributed by atoms with Crippen molar-refractivity contribution in [1.29, 1.82) is 0 Å². The maximum absolute atomic E-state index is 11.7. The number of sulfonamides is 1. The fourth-order valence-corrected chi connectivity index (χ4v) is 4.13. The number of aromatic nitrogens is 1. The van der Waals surface area contributed by atoms with Crippen LogP contribution in [0.25, 0.3) is 10.6 Å². The van der Waals surface area contributed by atoms with Crippen molar-refractivity contribution in [2.45, 2.75) is 13.0 Å². The summed E-state index contributed by atoms with van der Waals surface area (Å²) >= 11 is 1.57. The Morgan fingerprint density at radius 1 is 1.50 bits per heavy atom. The third-order valence-electron chi connectivity index (χ3n) is 2.86. The van der Waals surface area contributed by atoms with Crippen LogP contribution >= 0.6 is 11.3 Å². The summed E-state index contributed by atoms with van der Waals surface area (Å²) in [4.78, 5) is 0.998. The first-order valence-electron chi connectivity index (χ1n) is 5.62. The molecular formula is C11H12N2O3S2. The number of nitrogens with zero attached hydrogens (tertiary/aromatic N) is 2. The van der Waals surface area contributed by atoms with E-state index in [1.54, 1.807) is 17.4 Å². The van der Waals surface area contributed by atoms with Crippen LogP contribution in [-0.4, -0.2) is 30.2 Å². The van der Waals surface area contributed by atoms with Crippen molar-refractivity contribution in [1.82, 2.24) is 9.46 Å². The molecule has 0 amide bonds. The van der Waals surface area contributed by atoms with Crippen molar-refractivity contribution >= 4 is 21.4 Å². The van der Waals surface area contributed by atoms with Gasteiger partial charge in [-0.1, -0.05) is 11.2 Å². The second kappa shape index (κ2) is 4.49. The van der Waals surface area contributed by atoms with E-state index in [-0.39, 0.29) is 5.75 Å². The van der Waals surface area contributed by atoms with E-state index in [9.17, 15) is 8.42 Å². The molecule has 0 atom stereocenters. The van der Waals surface area contributed by atoms with Crippen molar-refractivity contribution in [2.24, 2.45) is 0 Å². The zero-order valence-electron chi connectivity index (χ0n) is 9.57. The van der Waals surface area contributed by atoms with Gasteiger partial charge in [0.2, 0.25) is 10.0 Å². The minimum Gasteiger partial charge on any atom is -0.355 e. The van der Waals surface area contributed by atoms with Crippen LogP contribution in [0.3, 0.4) is 0 Å². The molecule has 3 heterocycles. The predicted molar refractivity (Wildman–Crippen MR) is 68.6 cm³/mol. The lowest BCUT2D eigenvalue weighted by atomic mass is 10.3.